The van der Waals surface area contributed by atoms with E-state index in [2.05, 4.69) is 69.4 Å². The molecule has 1 fully saturated rings. The van der Waals surface area contributed by atoms with Gasteiger partial charge in [0.25, 0.3) is 0 Å². The maximum absolute atomic E-state index is 13.3. The molecule has 0 radical (unpaired) electrons. The number of hydrogen-bond donors (Lipinski definition) is 1. The summed E-state index contributed by atoms with van der Waals surface area (Å²) in [6.07, 6.45) is 1.97. The van der Waals surface area contributed by atoms with Gasteiger partial charge >= 0.3 is 0 Å². The highest BCUT2D eigenvalue weighted by Gasteiger charge is 2.29. The first-order valence-corrected chi connectivity index (χ1v) is 8.68. The third-order valence-corrected chi connectivity index (χ3v) is 4.51. The molecule has 0 saturated carbocycles. The Labute approximate surface area is 144 Å². The second-order valence-corrected chi connectivity index (χ2v) is 7.01. The first-order valence-electron chi connectivity index (χ1n) is 8.68. The predicted molar refractivity (Wildman–Crippen MR) is 100 cm³/mol. The van der Waals surface area contributed by atoms with Crippen LogP contribution in [0, 0.1) is 27.7 Å². The molecule has 0 aliphatic carbocycles. The van der Waals surface area contributed by atoms with Crippen molar-refractivity contribution >= 4 is 17.3 Å². The second kappa shape index (κ2) is 6.78. The van der Waals surface area contributed by atoms with Crippen LogP contribution in [0.5, 0.6) is 0 Å². The van der Waals surface area contributed by atoms with Gasteiger partial charge in [-0.1, -0.05) is 12.1 Å². The quantitative estimate of drug-likeness (QED) is 0.912. The Balaban J connectivity index is 2.10. The number of amides is 1. The van der Waals surface area contributed by atoms with Crippen molar-refractivity contribution in [2.75, 3.05) is 11.4 Å². The van der Waals surface area contributed by atoms with E-state index in [4.69, 9.17) is 0 Å². The molecule has 1 unspecified atom stereocenters. The predicted octanol–water partition coefficient (Wildman–Crippen LogP) is 4.34. The van der Waals surface area contributed by atoms with E-state index in [9.17, 15) is 4.79 Å². The van der Waals surface area contributed by atoms with Gasteiger partial charge in [0.15, 0.2) is 0 Å². The third kappa shape index (κ3) is 3.51. The van der Waals surface area contributed by atoms with Crippen LogP contribution in [-0.2, 0) is 4.79 Å². The van der Waals surface area contributed by atoms with Gasteiger partial charge in [0, 0.05) is 11.4 Å². The van der Waals surface area contributed by atoms with Crippen molar-refractivity contribution in [2.24, 2.45) is 0 Å². The Bertz CT molecular complexity index is 668. The molecule has 1 aliphatic rings. The van der Waals surface area contributed by atoms with E-state index in [1.54, 1.807) is 0 Å². The van der Waals surface area contributed by atoms with Gasteiger partial charge < -0.3 is 5.32 Å². The van der Waals surface area contributed by atoms with E-state index >= 15 is 0 Å². The van der Waals surface area contributed by atoms with E-state index < -0.39 is 0 Å². The van der Waals surface area contributed by atoms with E-state index in [-0.39, 0.29) is 11.9 Å². The highest BCUT2D eigenvalue weighted by atomic mass is 16.2. The van der Waals surface area contributed by atoms with E-state index in [0.29, 0.717) is 0 Å². The minimum absolute atomic E-state index is 0.0911. The summed E-state index contributed by atoms with van der Waals surface area (Å²) >= 11 is 0. The van der Waals surface area contributed by atoms with Crippen molar-refractivity contribution in [1.29, 1.82) is 0 Å². The van der Waals surface area contributed by atoms with Crippen LogP contribution in [0.2, 0.25) is 0 Å². The van der Waals surface area contributed by atoms with E-state index in [1.165, 1.54) is 22.3 Å². The Kier molecular flexibility index (Phi) is 4.72. The molecule has 3 rings (SSSR count). The molecule has 0 spiro atoms. The maximum Gasteiger partial charge on any atom is 0.248 e. The minimum atomic E-state index is -0.0911. The number of nitrogens with zero attached hydrogens (tertiary/aromatic N) is 1. The molecule has 2 aromatic carbocycles. The lowest BCUT2D eigenvalue weighted by Crippen LogP contribution is -2.41. The summed E-state index contributed by atoms with van der Waals surface area (Å²) in [4.78, 5) is 15.1. The summed E-state index contributed by atoms with van der Waals surface area (Å²) in [5.41, 5.74) is 6.60. The normalized spacial score (nSPS) is 17.1. The van der Waals surface area contributed by atoms with Crippen LogP contribution in [0.1, 0.15) is 35.1 Å². The molecule has 1 heterocycles. The summed E-state index contributed by atoms with van der Waals surface area (Å²) in [5, 5.41) is 3.34. The molecule has 1 saturated heterocycles. The van der Waals surface area contributed by atoms with Crippen LogP contribution < -0.4 is 10.2 Å². The van der Waals surface area contributed by atoms with Crippen molar-refractivity contribution in [3.05, 3.63) is 58.7 Å². The lowest BCUT2D eigenvalue weighted by atomic mass is 10.1. The van der Waals surface area contributed by atoms with Crippen molar-refractivity contribution in [2.45, 2.75) is 46.6 Å². The summed E-state index contributed by atoms with van der Waals surface area (Å²) in [6, 6.07) is 12.6. The average Bonchev–Trinajstić information content (AvgIpc) is 2.99. The van der Waals surface area contributed by atoms with Crippen LogP contribution in [0.4, 0.5) is 11.4 Å². The molecule has 1 amide bonds. The van der Waals surface area contributed by atoms with Crippen molar-refractivity contribution in [3.63, 3.8) is 0 Å². The number of nitrogens with one attached hydrogen (secondary N) is 1. The molecule has 24 heavy (non-hydrogen) atoms. The molecule has 1 aliphatic heterocycles. The number of hydrogen-bond acceptors (Lipinski definition) is 2. The van der Waals surface area contributed by atoms with Gasteiger partial charge in [0.2, 0.25) is 5.91 Å². The van der Waals surface area contributed by atoms with Crippen molar-refractivity contribution in [3.8, 4) is 0 Å². The highest BCUT2D eigenvalue weighted by Crippen LogP contribution is 2.30. The Morgan fingerprint density at radius 1 is 0.875 bits per heavy atom. The zero-order chi connectivity index (χ0) is 17.3. The zero-order valence-electron chi connectivity index (χ0n) is 15.0. The summed E-state index contributed by atoms with van der Waals surface area (Å²) in [5.74, 6) is 0.141. The topological polar surface area (TPSA) is 32.3 Å². The molecule has 3 nitrogen and oxygen atoms in total. The van der Waals surface area contributed by atoms with Crippen molar-refractivity contribution < 1.29 is 4.79 Å². The molecule has 0 aromatic heterocycles. The lowest BCUT2D eigenvalue weighted by molar-refractivity contribution is -0.119. The van der Waals surface area contributed by atoms with E-state index in [0.717, 1.165) is 30.8 Å². The monoisotopic (exact) mass is 322 g/mol. The number of anilines is 2. The van der Waals surface area contributed by atoms with Gasteiger partial charge in [-0.05, 0) is 93.6 Å². The number of rotatable bonds is 3. The molecule has 3 heteroatoms. The second-order valence-electron chi connectivity index (χ2n) is 7.01. The summed E-state index contributed by atoms with van der Waals surface area (Å²) in [6.45, 7) is 9.23. The molecule has 0 bridgehead atoms. The Hall–Kier alpha value is -2.13. The summed E-state index contributed by atoms with van der Waals surface area (Å²) < 4.78 is 0. The van der Waals surface area contributed by atoms with Gasteiger partial charge in [-0.15, -0.1) is 0 Å². The molecular formula is C21H26N2O. The van der Waals surface area contributed by atoms with Crippen LogP contribution in [0.3, 0.4) is 0 Å². The molecule has 2 aromatic rings. The van der Waals surface area contributed by atoms with Crippen LogP contribution >= 0.6 is 0 Å². The van der Waals surface area contributed by atoms with Crippen molar-refractivity contribution in [1.82, 2.24) is 5.32 Å². The fourth-order valence-corrected chi connectivity index (χ4v) is 3.61. The first-order chi connectivity index (χ1) is 11.4. The zero-order valence-corrected chi connectivity index (χ0v) is 15.0. The maximum atomic E-state index is 13.3. The standard InChI is InChI=1S/C21H26N2O/c1-14-8-15(2)11-18(10-14)23(21(24)20-6-5-7-22-20)19-12-16(3)9-17(4)13-19/h8-13,20,22H,5-7H2,1-4H3. The van der Waals surface area contributed by atoms with Gasteiger partial charge in [0.05, 0.1) is 6.04 Å². The van der Waals surface area contributed by atoms with E-state index in [1.807, 2.05) is 4.90 Å². The highest BCUT2D eigenvalue weighted by molar-refractivity contribution is 6.04. The van der Waals surface area contributed by atoms with Crippen LogP contribution in [0.25, 0.3) is 0 Å². The smallest absolute Gasteiger partial charge is 0.248 e. The van der Waals surface area contributed by atoms with Gasteiger partial charge in [-0.3, -0.25) is 9.69 Å². The van der Waals surface area contributed by atoms with Gasteiger partial charge in [-0.2, -0.15) is 0 Å². The minimum Gasteiger partial charge on any atom is -0.306 e. The number of carbonyl (C=O) groups excluding carboxylic acids is 1. The lowest BCUT2D eigenvalue weighted by Gasteiger charge is -2.27. The van der Waals surface area contributed by atoms with Crippen LogP contribution in [-0.4, -0.2) is 18.5 Å². The fraction of sp³-hybridized carbons (Fsp3) is 0.381. The number of aryl methyl sites for hydroxylation is 4. The van der Waals surface area contributed by atoms with Gasteiger partial charge in [-0.25, -0.2) is 0 Å². The first kappa shape index (κ1) is 16.7. The molecular weight excluding hydrogens is 296 g/mol. The molecule has 1 N–H and O–H groups in total. The van der Waals surface area contributed by atoms with Crippen LogP contribution in [0.15, 0.2) is 36.4 Å². The third-order valence-electron chi connectivity index (χ3n) is 4.51. The largest absolute Gasteiger partial charge is 0.306 e. The van der Waals surface area contributed by atoms with Gasteiger partial charge in [0.1, 0.15) is 0 Å². The Morgan fingerprint density at radius 3 is 1.71 bits per heavy atom. The number of carbonyl (C=O) groups is 1. The average molecular weight is 322 g/mol. The SMILES string of the molecule is Cc1cc(C)cc(N(C(=O)C2CCCN2)c2cc(C)cc(C)c2)c1. The Morgan fingerprint density at radius 2 is 1.33 bits per heavy atom. The fourth-order valence-electron chi connectivity index (χ4n) is 3.61. The molecule has 126 valence electrons. The number of benzene rings is 2. The molecule has 1 atom stereocenters. The summed E-state index contributed by atoms with van der Waals surface area (Å²) in [7, 11) is 0.